The average Bonchev–Trinajstić information content (AvgIpc) is 2.92. The summed E-state index contributed by atoms with van der Waals surface area (Å²) in [4.78, 5) is 0. The smallest absolute Gasteiger partial charge is 0.191 e. The molecule has 0 bridgehead atoms. The van der Waals surface area contributed by atoms with Gasteiger partial charge in [-0.15, -0.1) is 20.4 Å². The van der Waals surface area contributed by atoms with Crippen LogP contribution in [-0.2, 0) is 25.9 Å². The standard InChI is InChI=1S/C9H15N7S/c1-3-16-7(4-10)13-14-9(16)17-5-8-12-11-6-15(8)2/h6H,3-5,10H2,1-2H3. The maximum atomic E-state index is 5.60. The second-order valence-corrected chi connectivity index (χ2v) is 4.44. The first-order valence-corrected chi connectivity index (χ1v) is 6.32. The van der Waals surface area contributed by atoms with Crippen molar-refractivity contribution in [3.8, 4) is 0 Å². The molecule has 2 aromatic rings. The van der Waals surface area contributed by atoms with E-state index in [9.17, 15) is 0 Å². The Morgan fingerprint density at radius 3 is 2.71 bits per heavy atom. The molecule has 0 unspecified atom stereocenters. The largest absolute Gasteiger partial charge is 0.324 e. The fraction of sp³-hybridized carbons (Fsp3) is 0.556. The molecule has 2 heterocycles. The fourth-order valence-corrected chi connectivity index (χ4v) is 2.47. The lowest BCUT2D eigenvalue weighted by Gasteiger charge is -2.05. The zero-order valence-electron chi connectivity index (χ0n) is 9.87. The monoisotopic (exact) mass is 253 g/mol. The molecule has 2 rings (SSSR count). The van der Waals surface area contributed by atoms with Crippen LogP contribution in [0.2, 0.25) is 0 Å². The van der Waals surface area contributed by atoms with E-state index >= 15 is 0 Å². The molecule has 7 nitrogen and oxygen atoms in total. The van der Waals surface area contributed by atoms with E-state index < -0.39 is 0 Å². The lowest BCUT2D eigenvalue weighted by molar-refractivity contribution is 0.642. The molecule has 0 aromatic carbocycles. The highest BCUT2D eigenvalue weighted by Gasteiger charge is 2.11. The lowest BCUT2D eigenvalue weighted by atomic mass is 10.6. The number of thioether (sulfide) groups is 1. The molecule has 0 aliphatic rings. The summed E-state index contributed by atoms with van der Waals surface area (Å²) in [5.74, 6) is 2.45. The highest BCUT2D eigenvalue weighted by atomic mass is 32.2. The third-order valence-corrected chi connectivity index (χ3v) is 3.39. The van der Waals surface area contributed by atoms with Crippen molar-refractivity contribution < 1.29 is 0 Å². The van der Waals surface area contributed by atoms with Crippen LogP contribution < -0.4 is 5.73 Å². The topological polar surface area (TPSA) is 87.4 Å². The normalized spacial score (nSPS) is 11.0. The molecule has 2 aromatic heterocycles. The zero-order valence-corrected chi connectivity index (χ0v) is 10.7. The Morgan fingerprint density at radius 2 is 2.12 bits per heavy atom. The Hall–Kier alpha value is -1.41. The Bertz CT molecular complexity index is 489. The first-order chi connectivity index (χ1) is 8.26. The molecule has 2 N–H and O–H groups in total. The van der Waals surface area contributed by atoms with Crippen LogP contribution in [0, 0.1) is 0 Å². The van der Waals surface area contributed by atoms with E-state index in [1.165, 1.54) is 0 Å². The van der Waals surface area contributed by atoms with Crippen molar-refractivity contribution in [3.63, 3.8) is 0 Å². The van der Waals surface area contributed by atoms with Crippen LogP contribution in [0.3, 0.4) is 0 Å². The van der Waals surface area contributed by atoms with Gasteiger partial charge >= 0.3 is 0 Å². The van der Waals surface area contributed by atoms with Crippen LogP contribution in [0.1, 0.15) is 18.6 Å². The van der Waals surface area contributed by atoms with Gasteiger partial charge in [0.2, 0.25) is 0 Å². The molecule has 0 saturated carbocycles. The lowest BCUT2D eigenvalue weighted by Crippen LogP contribution is -2.08. The first-order valence-electron chi connectivity index (χ1n) is 5.34. The number of hydrogen-bond donors (Lipinski definition) is 1. The minimum atomic E-state index is 0.408. The minimum absolute atomic E-state index is 0.408. The molecular weight excluding hydrogens is 238 g/mol. The van der Waals surface area contributed by atoms with Gasteiger partial charge in [-0.25, -0.2) is 0 Å². The quantitative estimate of drug-likeness (QED) is 0.765. The summed E-state index contributed by atoms with van der Waals surface area (Å²) in [6.07, 6.45) is 1.69. The third kappa shape index (κ3) is 2.47. The molecule has 0 atom stereocenters. The zero-order chi connectivity index (χ0) is 12.3. The van der Waals surface area contributed by atoms with Gasteiger partial charge in [0.15, 0.2) is 5.16 Å². The van der Waals surface area contributed by atoms with E-state index in [0.29, 0.717) is 6.54 Å². The average molecular weight is 253 g/mol. The van der Waals surface area contributed by atoms with Crippen molar-refractivity contribution in [2.45, 2.75) is 30.9 Å². The predicted octanol–water partition coefficient (Wildman–Crippen LogP) is 0.177. The van der Waals surface area contributed by atoms with Gasteiger partial charge in [0, 0.05) is 13.6 Å². The molecule has 0 aliphatic heterocycles. The molecule has 0 amide bonds. The van der Waals surface area contributed by atoms with E-state index in [1.54, 1.807) is 18.1 Å². The van der Waals surface area contributed by atoms with Crippen molar-refractivity contribution in [1.82, 2.24) is 29.5 Å². The summed E-state index contributed by atoms with van der Waals surface area (Å²) in [6, 6.07) is 0. The molecule has 0 fully saturated rings. The maximum Gasteiger partial charge on any atom is 0.191 e. The summed E-state index contributed by atoms with van der Waals surface area (Å²) >= 11 is 1.59. The van der Waals surface area contributed by atoms with Gasteiger partial charge in [-0.2, -0.15) is 0 Å². The van der Waals surface area contributed by atoms with Crippen molar-refractivity contribution in [2.24, 2.45) is 12.8 Å². The Labute approximate surface area is 103 Å². The van der Waals surface area contributed by atoms with Gasteiger partial charge < -0.3 is 14.9 Å². The number of aryl methyl sites for hydroxylation is 1. The van der Waals surface area contributed by atoms with Crippen LogP contribution in [0.25, 0.3) is 0 Å². The van der Waals surface area contributed by atoms with Gasteiger partial charge in [-0.1, -0.05) is 11.8 Å². The molecule has 0 radical (unpaired) electrons. The molecule has 0 aliphatic carbocycles. The summed E-state index contributed by atoms with van der Waals surface area (Å²) in [5, 5.41) is 16.9. The van der Waals surface area contributed by atoms with E-state index in [4.69, 9.17) is 5.73 Å². The molecule has 0 saturated heterocycles. The van der Waals surface area contributed by atoms with E-state index in [-0.39, 0.29) is 0 Å². The predicted molar refractivity (Wildman–Crippen MR) is 64.2 cm³/mol. The summed E-state index contributed by atoms with van der Waals surface area (Å²) in [6.45, 7) is 3.28. The molecule has 0 spiro atoms. The highest BCUT2D eigenvalue weighted by molar-refractivity contribution is 7.98. The summed E-state index contributed by atoms with van der Waals surface area (Å²) < 4.78 is 3.91. The van der Waals surface area contributed by atoms with Gasteiger partial charge in [-0.3, -0.25) is 0 Å². The van der Waals surface area contributed by atoms with Crippen LogP contribution in [-0.4, -0.2) is 29.5 Å². The SMILES string of the molecule is CCn1c(CN)nnc1SCc1nncn1C. The molecule has 92 valence electrons. The second kappa shape index (κ2) is 5.28. The van der Waals surface area contributed by atoms with Gasteiger partial charge in [0.1, 0.15) is 18.0 Å². The third-order valence-electron chi connectivity index (χ3n) is 2.43. The number of nitrogens with two attached hydrogens (primary N) is 1. The Morgan fingerprint density at radius 1 is 1.29 bits per heavy atom. The van der Waals surface area contributed by atoms with Crippen LogP contribution in [0.15, 0.2) is 11.5 Å². The van der Waals surface area contributed by atoms with E-state index in [2.05, 4.69) is 27.3 Å². The van der Waals surface area contributed by atoms with Crippen LogP contribution in [0.4, 0.5) is 0 Å². The van der Waals surface area contributed by atoms with Crippen molar-refractivity contribution in [1.29, 1.82) is 0 Å². The van der Waals surface area contributed by atoms with Crippen molar-refractivity contribution >= 4 is 11.8 Å². The van der Waals surface area contributed by atoms with Gasteiger partial charge in [0.25, 0.3) is 0 Å². The van der Waals surface area contributed by atoms with Crippen molar-refractivity contribution in [3.05, 3.63) is 18.0 Å². The highest BCUT2D eigenvalue weighted by Crippen LogP contribution is 2.20. The van der Waals surface area contributed by atoms with Gasteiger partial charge in [-0.05, 0) is 6.92 Å². The molecule has 8 heteroatoms. The number of nitrogens with zero attached hydrogens (tertiary/aromatic N) is 6. The molecular formula is C9H15N7S. The minimum Gasteiger partial charge on any atom is -0.324 e. The first kappa shape index (κ1) is 12.1. The molecule has 17 heavy (non-hydrogen) atoms. The Kier molecular flexibility index (Phi) is 3.75. The van der Waals surface area contributed by atoms with E-state index in [0.717, 1.165) is 29.1 Å². The summed E-state index contributed by atoms with van der Waals surface area (Å²) in [7, 11) is 1.92. The number of aromatic nitrogens is 6. The maximum absolute atomic E-state index is 5.60. The number of hydrogen-bond acceptors (Lipinski definition) is 6. The van der Waals surface area contributed by atoms with E-state index in [1.807, 2.05) is 16.2 Å². The van der Waals surface area contributed by atoms with Crippen LogP contribution >= 0.6 is 11.8 Å². The second-order valence-electron chi connectivity index (χ2n) is 3.49. The Balaban J connectivity index is 2.09. The summed E-state index contributed by atoms with van der Waals surface area (Å²) in [5.41, 5.74) is 5.60. The van der Waals surface area contributed by atoms with Crippen molar-refractivity contribution in [2.75, 3.05) is 0 Å². The fourth-order valence-electron chi connectivity index (χ4n) is 1.46. The number of rotatable bonds is 5. The van der Waals surface area contributed by atoms with Crippen LogP contribution in [0.5, 0.6) is 0 Å². The van der Waals surface area contributed by atoms with Gasteiger partial charge in [0.05, 0.1) is 12.3 Å².